The highest BCUT2D eigenvalue weighted by Gasteiger charge is 2.44. The normalized spacial score (nSPS) is 16.9. The van der Waals surface area contributed by atoms with Crippen molar-refractivity contribution in [2.75, 3.05) is 13.1 Å². The van der Waals surface area contributed by atoms with E-state index in [0.29, 0.717) is 54.4 Å². The minimum absolute atomic E-state index is 0.0220. The zero-order valence-electron chi connectivity index (χ0n) is 21.7. The zero-order valence-corrected chi connectivity index (χ0v) is 22.5. The molecule has 9 nitrogen and oxygen atoms in total. The highest BCUT2D eigenvalue weighted by Crippen LogP contribution is 2.47. The predicted octanol–water partition coefficient (Wildman–Crippen LogP) is 4.82. The van der Waals surface area contributed by atoms with Gasteiger partial charge in [0, 0.05) is 37.1 Å². The Kier molecular flexibility index (Phi) is 7.05. The Bertz CT molecular complexity index is 1630. The highest BCUT2D eigenvalue weighted by molar-refractivity contribution is 6.30. The molecule has 4 aromatic rings. The molecule has 0 unspecified atom stereocenters. The molecule has 0 radical (unpaired) electrons. The Balaban J connectivity index is 1.12. The van der Waals surface area contributed by atoms with Crippen LogP contribution in [0.4, 0.5) is 4.39 Å². The molecule has 2 aliphatic rings. The second-order valence-corrected chi connectivity index (χ2v) is 10.9. The maximum absolute atomic E-state index is 14.5. The molecule has 3 aromatic heterocycles. The number of likely N-dealkylation sites (tertiary alicyclic amines) is 1. The van der Waals surface area contributed by atoms with Gasteiger partial charge >= 0.3 is 0 Å². The number of hydrogen-bond donors (Lipinski definition) is 0. The number of aromatic nitrogens is 5. The van der Waals surface area contributed by atoms with Crippen LogP contribution < -0.4 is 4.74 Å². The molecule has 0 spiro atoms. The summed E-state index contributed by atoms with van der Waals surface area (Å²) in [7, 11) is 0. The van der Waals surface area contributed by atoms with Crippen molar-refractivity contribution < 1.29 is 9.13 Å². The van der Waals surface area contributed by atoms with Crippen molar-refractivity contribution in [1.29, 1.82) is 10.5 Å². The maximum Gasteiger partial charge on any atom is 0.254 e. The first-order chi connectivity index (χ1) is 19.4. The average molecular weight is 557 g/mol. The van der Waals surface area contributed by atoms with Crippen molar-refractivity contribution in [3.8, 4) is 18.0 Å². The molecule has 0 N–H and O–H groups in total. The number of nitrogens with zero attached hydrogens (tertiary/aromatic N) is 8. The Morgan fingerprint density at radius 2 is 1.85 bits per heavy atom. The number of imidazole rings is 1. The summed E-state index contributed by atoms with van der Waals surface area (Å²) in [6, 6.07) is 13.6. The van der Waals surface area contributed by atoms with Crippen LogP contribution in [-0.2, 0) is 19.5 Å². The fraction of sp³-hybridized carbons (Fsp3) is 0.379. The molecule has 0 amide bonds. The van der Waals surface area contributed by atoms with Crippen LogP contribution in [0.2, 0.25) is 5.02 Å². The van der Waals surface area contributed by atoms with E-state index in [4.69, 9.17) is 21.3 Å². The highest BCUT2D eigenvalue weighted by atomic mass is 35.5. The molecule has 1 saturated carbocycles. The molecular weight excluding hydrogens is 531 g/mol. The number of piperidine rings is 1. The first-order valence-electron chi connectivity index (χ1n) is 13.2. The van der Waals surface area contributed by atoms with Gasteiger partial charge in [0.25, 0.3) is 5.88 Å². The van der Waals surface area contributed by atoms with Crippen LogP contribution in [0.25, 0.3) is 11.0 Å². The van der Waals surface area contributed by atoms with Crippen LogP contribution in [0.3, 0.4) is 0 Å². The Labute approximate surface area is 235 Å². The molecule has 4 heterocycles. The van der Waals surface area contributed by atoms with E-state index in [9.17, 15) is 14.9 Å². The third-order valence-electron chi connectivity index (χ3n) is 7.59. The topological polar surface area (TPSA) is 117 Å². The summed E-state index contributed by atoms with van der Waals surface area (Å²) < 4.78 is 22.6. The van der Waals surface area contributed by atoms with Crippen molar-refractivity contribution in [1.82, 2.24) is 29.4 Å². The van der Waals surface area contributed by atoms with Crippen LogP contribution in [-0.4, -0.2) is 48.6 Å². The Morgan fingerprint density at radius 3 is 2.55 bits per heavy atom. The lowest BCUT2D eigenvalue weighted by atomic mass is 10.1. The number of rotatable bonds is 8. The van der Waals surface area contributed by atoms with Crippen LogP contribution >= 0.6 is 11.6 Å². The molecule has 6 rings (SSSR count). The second kappa shape index (κ2) is 10.8. The number of halogens is 2. The van der Waals surface area contributed by atoms with Crippen LogP contribution in [0, 0.1) is 33.9 Å². The van der Waals surface area contributed by atoms with E-state index in [1.165, 1.54) is 0 Å². The summed E-state index contributed by atoms with van der Waals surface area (Å²) in [6.07, 6.45) is 6.27. The van der Waals surface area contributed by atoms with Crippen molar-refractivity contribution in [2.45, 2.75) is 51.3 Å². The standard InChI is InChI=1S/C29H26ClFN8O/c30-20-3-1-19(2-4-20)11-26-35-14-23(31)28(37-26)40-22-5-9-38(10-6-22)16-27-36-24-12-21(13-32)34-15-25(24)39(27)18-29(17-33)7-8-29/h1-4,12,14-15,22H,5-11,16,18H2. The molecule has 1 saturated heterocycles. The smallest absolute Gasteiger partial charge is 0.254 e. The largest absolute Gasteiger partial charge is 0.472 e. The molecule has 2 fully saturated rings. The van der Waals surface area contributed by atoms with E-state index < -0.39 is 5.82 Å². The third kappa shape index (κ3) is 5.60. The molecule has 0 atom stereocenters. The van der Waals surface area contributed by atoms with Gasteiger partial charge in [-0.15, -0.1) is 0 Å². The summed E-state index contributed by atoms with van der Waals surface area (Å²) in [5.41, 5.74) is 2.48. The van der Waals surface area contributed by atoms with Crippen molar-refractivity contribution in [3.63, 3.8) is 0 Å². The molecule has 1 aromatic carbocycles. The van der Waals surface area contributed by atoms with Gasteiger partial charge in [-0.05, 0) is 43.4 Å². The van der Waals surface area contributed by atoms with Crippen molar-refractivity contribution in [3.05, 3.63) is 76.5 Å². The van der Waals surface area contributed by atoms with Gasteiger partial charge in [-0.2, -0.15) is 19.9 Å². The van der Waals surface area contributed by atoms with Gasteiger partial charge in [-0.3, -0.25) is 4.90 Å². The van der Waals surface area contributed by atoms with Gasteiger partial charge in [0.1, 0.15) is 29.5 Å². The maximum atomic E-state index is 14.5. The SMILES string of the molecule is N#Cc1cc2nc(CN3CCC(Oc4nc(Cc5ccc(Cl)cc5)ncc4F)CC3)n(CC3(C#N)CC3)c2cn1. The van der Waals surface area contributed by atoms with Gasteiger partial charge in [-0.1, -0.05) is 23.7 Å². The van der Waals surface area contributed by atoms with Crippen LogP contribution in [0.15, 0.2) is 42.7 Å². The number of benzene rings is 1. The monoisotopic (exact) mass is 556 g/mol. The van der Waals surface area contributed by atoms with Crippen molar-refractivity contribution in [2.24, 2.45) is 5.41 Å². The Hall–Kier alpha value is -4.12. The lowest BCUT2D eigenvalue weighted by Crippen LogP contribution is -2.38. The fourth-order valence-corrected chi connectivity index (χ4v) is 5.20. The van der Waals surface area contributed by atoms with E-state index in [-0.39, 0.29) is 17.4 Å². The first kappa shape index (κ1) is 26.1. The summed E-state index contributed by atoms with van der Waals surface area (Å²) >= 11 is 5.96. The van der Waals surface area contributed by atoms with E-state index in [0.717, 1.165) is 49.0 Å². The summed E-state index contributed by atoms with van der Waals surface area (Å²) in [5, 5.41) is 19.6. The van der Waals surface area contributed by atoms with Gasteiger partial charge < -0.3 is 9.30 Å². The van der Waals surface area contributed by atoms with Crippen LogP contribution in [0.5, 0.6) is 5.88 Å². The number of fused-ring (bicyclic) bond motifs is 1. The third-order valence-corrected chi connectivity index (χ3v) is 7.85. The molecular formula is C29H26ClFN8O. The van der Waals surface area contributed by atoms with Crippen molar-refractivity contribution >= 4 is 22.6 Å². The summed E-state index contributed by atoms with van der Waals surface area (Å²) in [5.74, 6) is 0.732. The molecule has 202 valence electrons. The Morgan fingerprint density at radius 1 is 1.07 bits per heavy atom. The molecule has 11 heteroatoms. The summed E-state index contributed by atoms with van der Waals surface area (Å²) in [6.45, 7) is 2.64. The zero-order chi connectivity index (χ0) is 27.7. The van der Waals surface area contributed by atoms with E-state index >= 15 is 0 Å². The quantitative estimate of drug-likeness (QED) is 0.303. The minimum Gasteiger partial charge on any atom is -0.472 e. The van der Waals surface area contributed by atoms with E-state index in [2.05, 4.69) is 36.6 Å². The minimum atomic E-state index is -0.576. The average Bonchev–Trinajstić information content (AvgIpc) is 3.68. The molecule has 1 aliphatic carbocycles. The number of pyridine rings is 1. The van der Waals surface area contributed by atoms with E-state index in [1.54, 1.807) is 24.4 Å². The summed E-state index contributed by atoms with van der Waals surface area (Å²) in [4.78, 5) is 19.8. The molecule has 40 heavy (non-hydrogen) atoms. The van der Waals surface area contributed by atoms with E-state index in [1.807, 2.05) is 12.1 Å². The van der Waals surface area contributed by atoms with Crippen LogP contribution in [0.1, 0.15) is 48.6 Å². The first-order valence-corrected chi connectivity index (χ1v) is 13.6. The van der Waals surface area contributed by atoms with Gasteiger partial charge in [0.05, 0.1) is 41.5 Å². The molecule has 0 bridgehead atoms. The predicted molar refractivity (Wildman–Crippen MR) is 145 cm³/mol. The number of nitriles is 2. The second-order valence-electron chi connectivity index (χ2n) is 10.5. The lowest BCUT2D eigenvalue weighted by molar-refractivity contribution is 0.0873. The van der Waals surface area contributed by atoms with Gasteiger partial charge in [0.15, 0.2) is 0 Å². The van der Waals surface area contributed by atoms with Gasteiger partial charge in [0.2, 0.25) is 5.82 Å². The fourth-order valence-electron chi connectivity index (χ4n) is 5.07. The molecule has 1 aliphatic heterocycles. The lowest BCUT2D eigenvalue weighted by Gasteiger charge is -2.31. The van der Waals surface area contributed by atoms with Gasteiger partial charge in [-0.25, -0.2) is 15.0 Å². The number of ether oxygens (including phenoxy) is 1. The number of hydrogen-bond acceptors (Lipinski definition) is 8.